The number of nitrogens with zero attached hydrogens (tertiary/aromatic N) is 1. The Morgan fingerprint density at radius 3 is 2.53 bits per heavy atom. The first kappa shape index (κ1) is 13.2. The minimum atomic E-state index is -0.554. The van der Waals surface area contributed by atoms with Gasteiger partial charge in [-0.1, -0.05) is 6.92 Å². The highest BCUT2D eigenvalue weighted by Gasteiger charge is 2.20. The molecular weight excluding hydrogens is 214 g/mol. The summed E-state index contributed by atoms with van der Waals surface area (Å²) < 4.78 is 5.20. The Balaban J connectivity index is 3.20. The summed E-state index contributed by atoms with van der Waals surface area (Å²) in [7, 11) is 1.60. The predicted octanol–water partition coefficient (Wildman–Crippen LogP) is 3.04. The van der Waals surface area contributed by atoms with Crippen LogP contribution in [0.1, 0.15) is 34.8 Å². The van der Waals surface area contributed by atoms with Crippen LogP contribution in [0.4, 0.5) is 0 Å². The molecule has 1 rings (SSSR count). The van der Waals surface area contributed by atoms with E-state index in [0.717, 1.165) is 16.9 Å². The van der Waals surface area contributed by atoms with Crippen LogP contribution in [0, 0.1) is 31.1 Å². The molecule has 0 radical (unpaired) electrons. The molecule has 90 valence electrons. The van der Waals surface area contributed by atoms with Gasteiger partial charge in [-0.3, -0.25) is 4.79 Å². The fraction of sp³-hybridized carbons (Fsp3) is 0.429. The van der Waals surface area contributed by atoms with Crippen molar-refractivity contribution in [1.29, 1.82) is 5.26 Å². The topological polar surface area (TPSA) is 50.1 Å². The van der Waals surface area contributed by atoms with Crippen molar-refractivity contribution in [2.75, 3.05) is 7.11 Å². The molecule has 0 N–H and O–H groups in total. The molecule has 1 unspecified atom stereocenters. The van der Waals surface area contributed by atoms with Crippen molar-refractivity contribution >= 4 is 5.78 Å². The van der Waals surface area contributed by atoms with E-state index in [2.05, 4.69) is 0 Å². The maximum absolute atomic E-state index is 12.1. The van der Waals surface area contributed by atoms with Gasteiger partial charge in [0.25, 0.3) is 0 Å². The first-order chi connectivity index (χ1) is 8.04. The number of ether oxygens (including phenoxy) is 1. The fourth-order valence-corrected chi connectivity index (χ4v) is 1.80. The summed E-state index contributed by atoms with van der Waals surface area (Å²) >= 11 is 0. The Morgan fingerprint density at radius 1 is 1.41 bits per heavy atom. The molecule has 17 heavy (non-hydrogen) atoms. The average Bonchev–Trinajstić information content (AvgIpc) is 2.32. The lowest BCUT2D eigenvalue weighted by atomic mass is 9.92. The van der Waals surface area contributed by atoms with E-state index >= 15 is 0 Å². The van der Waals surface area contributed by atoms with Crippen molar-refractivity contribution in [2.24, 2.45) is 5.92 Å². The molecule has 0 saturated carbocycles. The molecule has 1 aromatic carbocycles. The lowest BCUT2D eigenvalue weighted by Crippen LogP contribution is -2.13. The van der Waals surface area contributed by atoms with Gasteiger partial charge in [0, 0.05) is 5.56 Å². The van der Waals surface area contributed by atoms with Gasteiger partial charge in [-0.25, -0.2) is 0 Å². The number of aryl methyl sites for hydroxylation is 2. The van der Waals surface area contributed by atoms with Crippen LogP contribution >= 0.6 is 0 Å². The third-order valence-electron chi connectivity index (χ3n) is 2.89. The van der Waals surface area contributed by atoms with Gasteiger partial charge in [-0.15, -0.1) is 0 Å². The molecule has 0 spiro atoms. The Labute approximate surface area is 102 Å². The zero-order valence-corrected chi connectivity index (χ0v) is 10.7. The summed E-state index contributed by atoms with van der Waals surface area (Å²) in [5, 5.41) is 8.92. The number of carbonyl (C=O) groups is 1. The maximum Gasteiger partial charge on any atom is 0.180 e. The van der Waals surface area contributed by atoms with E-state index in [-0.39, 0.29) is 5.78 Å². The molecule has 3 heteroatoms. The Morgan fingerprint density at radius 2 is 2.06 bits per heavy atom. The van der Waals surface area contributed by atoms with Gasteiger partial charge < -0.3 is 4.74 Å². The van der Waals surface area contributed by atoms with Crippen LogP contribution < -0.4 is 4.74 Å². The van der Waals surface area contributed by atoms with Crippen molar-refractivity contribution in [1.82, 2.24) is 0 Å². The zero-order chi connectivity index (χ0) is 13.0. The normalized spacial score (nSPS) is 11.7. The average molecular weight is 231 g/mol. The zero-order valence-electron chi connectivity index (χ0n) is 10.7. The number of carbonyl (C=O) groups excluding carboxylic acids is 1. The highest BCUT2D eigenvalue weighted by molar-refractivity contribution is 6.00. The monoisotopic (exact) mass is 231 g/mol. The van der Waals surface area contributed by atoms with E-state index < -0.39 is 5.92 Å². The minimum Gasteiger partial charge on any atom is -0.496 e. The van der Waals surface area contributed by atoms with Gasteiger partial charge in [0.15, 0.2) is 5.78 Å². The van der Waals surface area contributed by atoms with Crippen LogP contribution in [-0.2, 0) is 0 Å². The second-order valence-corrected chi connectivity index (χ2v) is 4.09. The maximum atomic E-state index is 12.1. The number of Topliss-reactive ketones (excluding diaryl/α,β-unsaturated/α-hetero) is 1. The van der Waals surface area contributed by atoms with E-state index in [1.54, 1.807) is 13.2 Å². The SMILES string of the molecule is CCC(C#N)C(=O)c1cc(C)c(OC)cc1C. The second kappa shape index (κ2) is 5.49. The summed E-state index contributed by atoms with van der Waals surface area (Å²) in [6.45, 7) is 5.60. The molecule has 0 aliphatic rings. The number of methoxy groups -OCH3 is 1. The van der Waals surface area contributed by atoms with Crippen molar-refractivity contribution in [3.05, 3.63) is 28.8 Å². The van der Waals surface area contributed by atoms with Crippen molar-refractivity contribution < 1.29 is 9.53 Å². The lowest BCUT2D eigenvalue weighted by molar-refractivity contribution is 0.0946. The molecule has 3 nitrogen and oxygen atoms in total. The third-order valence-corrected chi connectivity index (χ3v) is 2.89. The van der Waals surface area contributed by atoms with Gasteiger partial charge in [-0.2, -0.15) is 5.26 Å². The van der Waals surface area contributed by atoms with Gasteiger partial charge in [-0.05, 0) is 43.5 Å². The van der Waals surface area contributed by atoms with E-state index in [1.807, 2.05) is 32.9 Å². The Kier molecular flexibility index (Phi) is 4.28. The third kappa shape index (κ3) is 2.65. The Bertz CT molecular complexity index is 472. The Hall–Kier alpha value is -1.82. The fourth-order valence-electron chi connectivity index (χ4n) is 1.80. The van der Waals surface area contributed by atoms with Gasteiger partial charge in [0.1, 0.15) is 11.7 Å². The largest absolute Gasteiger partial charge is 0.496 e. The number of hydrogen-bond donors (Lipinski definition) is 0. The van der Waals surface area contributed by atoms with Gasteiger partial charge in [0.2, 0.25) is 0 Å². The molecule has 0 saturated heterocycles. The molecule has 0 aliphatic carbocycles. The first-order valence-corrected chi connectivity index (χ1v) is 5.64. The van der Waals surface area contributed by atoms with Crippen LogP contribution in [0.2, 0.25) is 0 Å². The van der Waals surface area contributed by atoms with E-state index in [9.17, 15) is 4.79 Å². The van der Waals surface area contributed by atoms with Crippen molar-refractivity contribution in [3.63, 3.8) is 0 Å². The number of rotatable bonds is 4. The number of hydrogen-bond acceptors (Lipinski definition) is 3. The molecule has 0 aromatic heterocycles. The highest BCUT2D eigenvalue weighted by atomic mass is 16.5. The highest BCUT2D eigenvalue weighted by Crippen LogP contribution is 2.24. The smallest absolute Gasteiger partial charge is 0.180 e. The van der Waals surface area contributed by atoms with E-state index in [1.165, 1.54) is 0 Å². The van der Waals surface area contributed by atoms with Crippen LogP contribution in [-0.4, -0.2) is 12.9 Å². The van der Waals surface area contributed by atoms with Gasteiger partial charge >= 0.3 is 0 Å². The van der Waals surface area contributed by atoms with E-state index in [0.29, 0.717) is 12.0 Å². The summed E-state index contributed by atoms with van der Waals surface area (Å²) in [6, 6.07) is 5.69. The molecule has 0 heterocycles. The summed E-state index contributed by atoms with van der Waals surface area (Å²) in [5.41, 5.74) is 2.39. The lowest BCUT2D eigenvalue weighted by Gasteiger charge is -2.12. The predicted molar refractivity (Wildman–Crippen MR) is 66.2 cm³/mol. The summed E-state index contributed by atoms with van der Waals surface area (Å²) in [5.74, 6) is 0.115. The molecule has 1 aromatic rings. The quantitative estimate of drug-likeness (QED) is 0.748. The molecule has 0 bridgehead atoms. The number of nitriles is 1. The van der Waals surface area contributed by atoms with Crippen LogP contribution in [0.15, 0.2) is 12.1 Å². The molecule has 0 fully saturated rings. The van der Waals surface area contributed by atoms with Crippen LogP contribution in [0.5, 0.6) is 5.75 Å². The standard InChI is InChI=1S/C14H17NO2/c1-5-11(8-15)14(16)12-6-10(3)13(17-4)7-9(12)2/h6-7,11H,5H2,1-4H3. The molecule has 0 amide bonds. The van der Waals surface area contributed by atoms with Crippen molar-refractivity contribution in [2.45, 2.75) is 27.2 Å². The first-order valence-electron chi connectivity index (χ1n) is 5.64. The summed E-state index contributed by atoms with van der Waals surface area (Å²) in [6.07, 6.45) is 0.542. The van der Waals surface area contributed by atoms with Crippen LogP contribution in [0.3, 0.4) is 0 Å². The number of ketones is 1. The second-order valence-electron chi connectivity index (χ2n) is 4.09. The van der Waals surface area contributed by atoms with Gasteiger partial charge in [0.05, 0.1) is 13.2 Å². The van der Waals surface area contributed by atoms with E-state index in [4.69, 9.17) is 10.00 Å². The van der Waals surface area contributed by atoms with Crippen LogP contribution in [0.25, 0.3) is 0 Å². The minimum absolute atomic E-state index is 0.0988. The summed E-state index contributed by atoms with van der Waals surface area (Å²) in [4.78, 5) is 12.1. The van der Waals surface area contributed by atoms with Crippen molar-refractivity contribution in [3.8, 4) is 11.8 Å². The molecule has 0 aliphatic heterocycles. The molecule has 1 atom stereocenters. The number of benzene rings is 1. The molecular formula is C14H17NO2.